The molecule has 0 unspecified atom stereocenters. The highest BCUT2D eigenvalue weighted by Gasteiger charge is 2.24. The topological polar surface area (TPSA) is 114 Å². The molecule has 2 aromatic rings. The molecule has 35 heavy (non-hydrogen) atoms. The van der Waals surface area contributed by atoms with E-state index in [9.17, 15) is 9.59 Å². The molecule has 1 saturated carbocycles. The lowest BCUT2D eigenvalue weighted by Gasteiger charge is -2.28. The van der Waals surface area contributed by atoms with Gasteiger partial charge in [0.15, 0.2) is 0 Å². The molecule has 0 spiro atoms. The molecule has 188 valence electrons. The Bertz CT molecular complexity index is 975. The number of ether oxygens (including phenoxy) is 3. The van der Waals surface area contributed by atoms with E-state index < -0.39 is 5.97 Å². The van der Waals surface area contributed by atoms with Gasteiger partial charge in [-0.3, -0.25) is 0 Å². The van der Waals surface area contributed by atoms with E-state index >= 15 is 0 Å². The van der Waals surface area contributed by atoms with Crippen LogP contribution in [0.5, 0.6) is 0 Å². The molecule has 0 heterocycles. The molecule has 2 aromatic carbocycles. The van der Waals surface area contributed by atoms with Crippen molar-refractivity contribution in [2.75, 3.05) is 24.7 Å². The third-order valence-corrected chi connectivity index (χ3v) is 5.98. The van der Waals surface area contributed by atoms with Gasteiger partial charge in [0.2, 0.25) is 0 Å². The summed E-state index contributed by atoms with van der Waals surface area (Å²) in [5, 5.41) is 0. The van der Waals surface area contributed by atoms with Gasteiger partial charge in [0, 0.05) is 30.5 Å². The van der Waals surface area contributed by atoms with Crippen LogP contribution >= 0.6 is 0 Å². The quantitative estimate of drug-likeness (QED) is 0.203. The Morgan fingerprint density at radius 1 is 0.943 bits per heavy atom. The summed E-state index contributed by atoms with van der Waals surface area (Å²) in [5.41, 5.74) is 14.9. The van der Waals surface area contributed by atoms with Crippen molar-refractivity contribution in [2.45, 2.75) is 64.1 Å². The minimum Gasteiger partial charge on any atom is -0.462 e. The first-order valence-electron chi connectivity index (χ1n) is 12.4. The number of carbonyl (C=O) groups excluding carboxylic acids is 2. The molecule has 3 rings (SSSR count). The van der Waals surface area contributed by atoms with Crippen molar-refractivity contribution in [2.24, 2.45) is 0 Å². The fraction of sp³-hybridized carbons (Fsp3) is 0.429. The average Bonchev–Trinajstić information content (AvgIpc) is 2.84. The highest BCUT2D eigenvalue weighted by Crippen LogP contribution is 2.24. The number of anilines is 2. The predicted octanol–water partition coefficient (Wildman–Crippen LogP) is 4.93. The van der Waals surface area contributed by atoms with Gasteiger partial charge < -0.3 is 25.7 Å². The molecular formula is C28H36N2O5. The van der Waals surface area contributed by atoms with Crippen LogP contribution in [0.25, 0.3) is 6.08 Å². The number of nitrogen functional groups attached to an aromatic ring is 2. The van der Waals surface area contributed by atoms with Gasteiger partial charge in [-0.15, -0.1) is 0 Å². The van der Waals surface area contributed by atoms with Gasteiger partial charge in [-0.25, -0.2) is 9.59 Å². The third-order valence-electron chi connectivity index (χ3n) is 5.98. The van der Waals surface area contributed by atoms with E-state index in [-0.39, 0.29) is 24.8 Å². The number of benzene rings is 2. The van der Waals surface area contributed by atoms with Gasteiger partial charge in [0.1, 0.15) is 6.10 Å². The van der Waals surface area contributed by atoms with Crippen LogP contribution in [0.15, 0.2) is 48.5 Å². The highest BCUT2D eigenvalue weighted by molar-refractivity contribution is 5.90. The Labute approximate surface area is 207 Å². The lowest BCUT2D eigenvalue weighted by molar-refractivity contribution is -0.137. The summed E-state index contributed by atoms with van der Waals surface area (Å²) in [5.74, 6) is -0.767. The molecule has 0 aliphatic heterocycles. The molecule has 4 N–H and O–H groups in total. The van der Waals surface area contributed by atoms with E-state index in [4.69, 9.17) is 25.7 Å². The minimum absolute atomic E-state index is 0.0633. The van der Waals surface area contributed by atoms with Crippen LogP contribution in [0, 0.1) is 0 Å². The first-order valence-corrected chi connectivity index (χ1v) is 12.4. The van der Waals surface area contributed by atoms with E-state index in [1.807, 2.05) is 0 Å². The number of hydrogen-bond acceptors (Lipinski definition) is 7. The summed E-state index contributed by atoms with van der Waals surface area (Å²) in [7, 11) is 0. The second-order valence-electron chi connectivity index (χ2n) is 8.91. The zero-order valence-electron chi connectivity index (χ0n) is 20.4. The molecule has 0 radical (unpaired) electrons. The Balaban J connectivity index is 1.38. The van der Waals surface area contributed by atoms with Crippen LogP contribution in [0.3, 0.4) is 0 Å². The van der Waals surface area contributed by atoms with E-state index in [1.165, 1.54) is 6.08 Å². The van der Waals surface area contributed by atoms with Crippen LogP contribution in [0.4, 0.5) is 11.4 Å². The van der Waals surface area contributed by atoms with Crippen molar-refractivity contribution in [3.63, 3.8) is 0 Å². The second-order valence-corrected chi connectivity index (χ2v) is 8.91. The van der Waals surface area contributed by atoms with Crippen LogP contribution in [0.2, 0.25) is 0 Å². The molecule has 0 aromatic heterocycles. The summed E-state index contributed by atoms with van der Waals surface area (Å²) < 4.78 is 16.8. The summed E-state index contributed by atoms with van der Waals surface area (Å²) in [6.45, 7) is 3.19. The highest BCUT2D eigenvalue weighted by atomic mass is 16.5. The van der Waals surface area contributed by atoms with Gasteiger partial charge in [-0.2, -0.15) is 0 Å². The molecule has 1 aliphatic carbocycles. The standard InChI is InChI=1S/C28H36N2O5/c1-2-3-15-33-25-9-11-26(12-10-25)35-28(32)22-7-4-20(5-8-22)6-13-27(31)34-16-14-21-17-23(29)19-24(30)18-21/h4-8,13,17-19,25-26H,2-3,9-12,14-16,29-30H2,1H3. The minimum atomic E-state index is -0.445. The second kappa shape index (κ2) is 13.5. The van der Waals surface area contributed by atoms with Crippen LogP contribution < -0.4 is 11.5 Å². The van der Waals surface area contributed by atoms with E-state index in [0.29, 0.717) is 23.4 Å². The summed E-state index contributed by atoms with van der Waals surface area (Å²) in [6, 6.07) is 12.2. The lowest BCUT2D eigenvalue weighted by atomic mass is 9.95. The third kappa shape index (κ3) is 9.09. The monoisotopic (exact) mass is 480 g/mol. The van der Waals surface area contributed by atoms with Gasteiger partial charge in [-0.05, 0) is 79.6 Å². The Hall–Kier alpha value is -3.32. The van der Waals surface area contributed by atoms with Crippen molar-refractivity contribution < 1.29 is 23.8 Å². The number of unbranched alkanes of at least 4 members (excludes halogenated alkanes) is 1. The largest absolute Gasteiger partial charge is 0.462 e. The predicted molar refractivity (Wildman–Crippen MR) is 138 cm³/mol. The molecule has 0 atom stereocenters. The molecule has 7 heteroatoms. The Morgan fingerprint density at radius 3 is 2.26 bits per heavy atom. The maximum absolute atomic E-state index is 12.5. The molecule has 0 bridgehead atoms. The zero-order chi connectivity index (χ0) is 25.0. The molecule has 0 saturated heterocycles. The number of carbonyl (C=O) groups is 2. The van der Waals surface area contributed by atoms with E-state index in [2.05, 4.69) is 6.92 Å². The van der Waals surface area contributed by atoms with Crippen molar-refractivity contribution in [3.05, 3.63) is 65.2 Å². The van der Waals surface area contributed by atoms with E-state index in [1.54, 1.807) is 48.5 Å². The zero-order valence-corrected chi connectivity index (χ0v) is 20.4. The number of esters is 2. The molecule has 0 amide bonds. The molecule has 7 nitrogen and oxygen atoms in total. The summed E-state index contributed by atoms with van der Waals surface area (Å²) in [6.07, 6.45) is 9.49. The van der Waals surface area contributed by atoms with Crippen molar-refractivity contribution in [3.8, 4) is 0 Å². The van der Waals surface area contributed by atoms with Crippen molar-refractivity contribution in [1.82, 2.24) is 0 Å². The first kappa shape index (κ1) is 26.3. The maximum Gasteiger partial charge on any atom is 0.338 e. The Kier molecular flexibility index (Phi) is 10.2. The van der Waals surface area contributed by atoms with Crippen LogP contribution in [0.1, 0.15) is 66.9 Å². The number of rotatable bonds is 11. The fourth-order valence-electron chi connectivity index (χ4n) is 4.03. The molecular weight excluding hydrogens is 444 g/mol. The first-order chi connectivity index (χ1) is 16.9. The normalized spacial score (nSPS) is 17.9. The van der Waals surface area contributed by atoms with Gasteiger partial charge in [0.05, 0.1) is 18.3 Å². The van der Waals surface area contributed by atoms with Gasteiger partial charge in [0.25, 0.3) is 0 Å². The lowest BCUT2D eigenvalue weighted by Crippen LogP contribution is -2.28. The maximum atomic E-state index is 12.5. The smallest absolute Gasteiger partial charge is 0.338 e. The van der Waals surface area contributed by atoms with Gasteiger partial charge >= 0.3 is 11.9 Å². The van der Waals surface area contributed by atoms with Crippen molar-refractivity contribution in [1.29, 1.82) is 0 Å². The summed E-state index contributed by atoms with van der Waals surface area (Å²) in [4.78, 5) is 24.5. The van der Waals surface area contributed by atoms with Crippen molar-refractivity contribution >= 4 is 29.4 Å². The Morgan fingerprint density at radius 2 is 1.60 bits per heavy atom. The van der Waals surface area contributed by atoms with Crippen LogP contribution in [-0.4, -0.2) is 37.4 Å². The number of hydrogen-bond donors (Lipinski definition) is 2. The summed E-state index contributed by atoms with van der Waals surface area (Å²) >= 11 is 0. The molecule has 1 fully saturated rings. The van der Waals surface area contributed by atoms with E-state index in [0.717, 1.165) is 56.3 Å². The average molecular weight is 481 g/mol. The van der Waals surface area contributed by atoms with Crippen LogP contribution in [-0.2, 0) is 25.4 Å². The SMILES string of the molecule is CCCCOC1CCC(OC(=O)c2ccc(C=CC(=O)OCCc3cc(N)cc(N)c3)cc2)CC1. The number of nitrogens with two attached hydrogens (primary N) is 2. The molecule has 1 aliphatic rings. The fourth-order valence-corrected chi connectivity index (χ4v) is 4.03. The van der Waals surface area contributed by atoms with Gasteiger partial charge in [-0.1, -0.05) is 25.5 Å².